The van der Waals surface area contributed by atoms with E-state index in [1.54, 1.807) is 11.3 Å². The standard InChI is InChI=1S/C13H12N4OS/c14-6-8-7-15-17-12(8)16-13(18)10-2-1-3-11-9(10)4-5-19-11/h4-5,7,10H,1-3H2,(H2,15,16,17,18). The van der Waals surface area contributed by atoms with Gasteiger partial charge in [-0.2, -0.15) is 10.4 Å². The Kier molecular flexibility index (Phi) is 3.05. The Morgan fingerprint density at radius 2 is 2.53 bits per heavy atom. The van der Waals surface area contributed by atoms with Crippen LogP contribution in [0, 0.1) is 11.3 Å². The van der Waals surface area contributed by atoms with E-state index in [1.165, 1.54) is 11.1 Å². The fraction of sp³-hybridized carbons (Fsp3) is 0.308. The van der Waals surface area contributed by atoms with Crippen molar-refractivity contribution in [3.8, 4) is 6.07 Å². The highest BCUT2D eigenvalue weighted by molar-refractivity contribution is 7.10. The van der Waals surface area contributed by atoms with E-state index in [9.17, 15) is 4.79 Å². The van der Waals surface area contributed by atoms with E-state index >= 15 is 0 Å². The fourth-order valence-electron chi connectivity index (χ4n) is 2.44. The Morgan fingerprint density at radius 3 is 3.37 bits per heavy atom. The summed E-state index contributed by atoms with van der Waals surface area (Å²) in [5, 5.41) is 20.1. The van der Waals surface area contributed by atoms with Crippen LogP contribution in [0.15, 0.2) is 17.6 Å². The van der Waals surface area contributed by atoms with Crippen molar-refractivity contribution in [2.24, 2.45) is 0 Å². The van der Waals surface area contributed by atoms with Crippen molar-refractivity contribution < 1.29 is 4.79 Å². The number of nitrogens with zero attached hydrogens (tertiary/aromatic N) is 2. The minimum absolute atomic E-state index is 0.0694. The van der Waals surface area contributed by atoms with Crippen molar-refractivity contribution in [3.05, 3.63) is 33.6 Å². The van der Waals surface area contributed by atoms with Gasteiger partial charge < -0.3 is 5.32 Å². The zero-order chi connectivity index (χ0) is 13.2. The number of hydrogen-bond donors (Lipinski definition) is 2. The summed E-state index contributed by atoms with van der Waals surface area (Å²) in [7, 11) is 0. The summed E-state index contributed by atoms with van der Waals surface area (Å²) in [6.07, 6.45) is 4.35. The van der Waals surface area contributed by atoms with Gasteiger partial charge in [0, 0.05) is 4.88 Å². The van der Waals surface area contributed by atoms with Gasteiger partial charge in [-0.25, -0.2) is 0 Å². The molecule has 5 nitrogen and oxygen atoms in total. The number of aromatic nitrogens is 2. The van der Waals surface area contributed by atoms with Crippen molar-refractivity contribution in [1.82, 2.24) is 10.2 Å². The van der Waals surface area contributed by atoms with Gasteiger partial charge in [-0.1, -0.05) is 0 Å². The lowest BCUT2D eigenvalue weighted by Crippen LogP contribution is -2.24. The van der Waals surface area contributed by atoms with Crippen molar-refractivity contribution >= 4 is 23.1 Å². The average molecular weight is 272 g/mol. The van der Waals surface area contributed by atoms with Gasteiger partial charge in [0.25, 0.3) is 0 Å². The summed E-state index contributed by atoms with van der Waals surface area (Å²) >= 11 is 1.71. The van der Waals surface area contributed by atoms with Gasteiger partial charge in [0.15, 0.2) is 0 Å². The van der Waals surface area contributed by atoms with Crippen LogP contribution >= 0.6 is 11.3 Å². The Balaban J connectivity index is 1.82. The normalized spacial score (nSPS) is 17.5. The summed E-state index contributed by atoms with van der Waals surface area (Å²) in [4.78, 5) is 13.6. The molecule has 2 aromatic heterocycles. The van der Waals surface area contributed by atoms with Crippen molar-refractivity contribution in [2.45, 2.75) is 25.2 Å². The maximum absolute atomic E-state index is 12.3. The molecule has 1 amide bonds. The maximum atomic E-state index is 12.3. The summed E-state index contributed by atoms with van der Waals surface area (Å²) in [5.74, 6) is 0.194. The Bertz CT molecular complexity index is 652. The Labute approximate surface area is 114 Å². The number of rotatable bonds is 2. The molecule has 2 aromatic rings. The summed E-state index contributed by atoms with van der Waals surface area (Å²) in [6, 6.07) is 4.02. The number of carbonyl (C=O) groups excluding carboxylic acids is 1. The monoisotopic (exact) mass is 272 g/mol. The lowest BCUT2D eigenvalue weighted by atomic mass is 9.87. The van der Waals surface area contributed by atoms with Gasteiger partial charge >= 0.3 is 0 Å². The minimum Gasteiger partial charge on any atom is -0.309 e. The van der Waals surface area contributed by atoms with Crippen LogP contribution in [0.3, 0.4) is 0 Å². The number of H-pyrrole nitrogens is 1. The molecule has 1 aliphatic carbocycles. The molecular weight excluding hydrogens is 260 g/mol. The van der Waals surface area contributed by atoms with Crippen molar-refractivity contribution in [2.75, 3.05) is 5.32 Å². The van der Waals surface area contributed by atoms with E-state index in [0.29, 0.717) is 11.4 Å². The first-order chi connectivity index (χ1) is 9.29. The average Bonchev–Trinajstić information content (AvgIpc) is 3.05. The van der Waals surface area contributed by atoms with Crippen LogP contribution in [0.5, 0.6) is 0 Å². The van der Waals surface area contributed by atoms with Crippen LogP contribution in [0.4, 0.5) is 5.82 Å². The molecule has 0 saturated carbocycles. The second-order valence-electron chi connectivity index (χ2n) is 4.50. The second-order valence-corrected chi connectivity index (χ2v) is 5.50. The molecule has 2 heterocycles. The van der Waals surface area contributed by atoms with Crippen molar-refractivity contribution in [1.29, 1.82) is 5.26 Å². The number of thiophene rings is 1. The molecule has 0 saturated heterocycles. The first kappa shape index (κ1) is 11.9. The molecule has 0 radical (unpaired) electrons. The molecular formula is C13H12N4OS. The number of aryl methyl sites for hydroxylation is 1. The molecule has 6 heteroatoms. The Morgan fingerprint density at radius 1 is 1.63 bits per heavy atom. The summed E-state index contributed by atoms with van der Waals surface area (Å²) < 4.78 is 0. The van der Waals surface area contributed by atoms with Gasteiger partial charge in [0.2, 0.25) is 5.91 Å². The molecule has 1 aliphatic rings. The maximum Gasteiger partial charge on any atom is 0.233 e. The molecule has 2 N–H and O–H groups in total. The van der Waals surface area contributed by atoms with Gasteiger partial charge in [-0.05, 0) is 36.3 Å². The fourth-order valence-corrected chi connectivity index (χ4v) is 3.42. The predicted molar refractivity (Wildman–Crippen MR) is 71.9 cm³/mol. The molecule has 0 bridgehead atoms. The van der Waals surface area contributed by atoms with E-state index in [-0.39, 0.29) is 11.8 Å². The van der Waals surface area contributed by atoms with E-state index in [1.807, 2.05) is 17.5 Å². The smallest absolute Gasteiger partial charge is 0.233 e. The van der Waals surface area contributed by atoms with E-state index in [4.69, 9.17) is 5.26 Å². The molecule has 0 aromatic carbocycles. The third kappa shape index (κ3) is 2.13. The predicted octanol–water partition coefficient (Wildman–Crippen LogP) is 2.40. The number of hydrogen-bond acceptors (Lipinski definition) is 4. The second kappa shape index (κ2) is 4.86. The number of fused-ring (bicyclic) bond motifs is 1. The van der Waals surface area contributed by atoms with Gasteiger partial charge in [-0.15, -0.1) is 11.3 Å². The molecule has 0 fully saturated rings. The molecule has 1 unspecified atom stereocenters. The largest absolute Gasteiger partial charge is 0.309 e. The highest BCUT2D eigenvalue weighted by Gasteiger charge is 2.27. The highest BCUT2D eigenvalue weighted by atomic mass is 32.1. The van der Waals surface area contributed by atoms with Gasteiger partial charge in [0.05, 0.1) is 12.1 Å². The number of aromatic amines is 1. The number of carbonyl (C=O) groups is 1. The number of nitrogens with one attached hydrogen (secondary N) is 2. The SMILES string of the molecule is N#Cc1cn[nH]c1NC(=O)C1CCCc2sccc21. The zero-order valence-electron chi connectivity index (χ0n) is 10.1. The minimum atomic E-state index is -0.121. The van der Waals surface area contributed by atoms with Crippen LogP contribution in [0.1, 0.15) is 34.8 Å². The topological polar surface area (TPSA) is 81.6 Å². The van der Waals surface area contributed by atoms with Crippen LogP contribution in [-0.2, 0) is 11.2 Å². The summed E-state index contributed by atoms with van der Waals surface area (Å²) in [6.45, 7) is 0. The van der Waals surface area contributed by atoms with Crippen LogP contribution in [0.25, 0.3) is 0 Å². The molecule has 0 spiro atoms. The first-order valence-corrected chi connectivity index (χ1v) is 6.98. The molecule has 19 heavy (non-hydrogen) atoms. The quantitative estimate of drug-likeness (QED) is 0.880. The molecule has 0 aliphatic heterocycles. The summed E-state index contributed by atoms with van der Waals surface area (Å²) in [5.41, 5.74) is 1.49. The lowest BCUT2D eigenvalue weighted by Gasteiger charge is -2.21. The van der Waals surface area contributed by atoms with Crippen molar-refractivity contribution in [3.63, 3.8) is 0 Å². The third-order valence-electron chi connectivity index (χ3n) is 3.38. The first-order valence-electron chi connectivity index (χ1n) is 6.10. The molecule has 3 rings (SSSR count). The molecule has 1 atom stereocenters. The number of nitriles is 1. The van der Waals surface area contributed by atoms with E-state index < -0.39 is 0 Å². The number of amides is 1. The molecule has 96 valence electrons. The van der Waals surface area contributed by atoms with Gasteiger partial charge in [-0.3, -0.25) is 9.89 Å². The highest BCUT2D eigenvalue weighted by Crippen LogP contribution is 2.35. The van der Waals surface area contributed by atoms with Crippen LogP contribution in [-0.4, -0.2) is 16.1 Å². The van der Waals surface area contributed by atoms with Gasteiger partial charge in [0.1, 0.15) is 17.5 Å². The lowest BCUT2D eigenvalue weighted by molar-refractivity contribution is -0.117. The van der Waals surface area contributed by atoms with E-state index in [2.05, 4.69) is 15.5 Å². The number of anilines is 1. The third-order valence-corrected chi connectivity index (χ3v) is 4.37. The Hall–Kier alpha value is -2.13. The van der Waals surface area contributed by atoms with Crippen LogP contribution in [0.2, 0.25) is 0 Å². The zero-order valence-corrected chi connectivity index (χ0v) is 11.0. The van der Waals surface area contributed by atoms with E-state index in [0.717, 1.165) is 24.8 Å². The van der Waals surface area contributed by atoms with Crippen LogP contribution < -0.4 is 5.32 Å².